The van der Waals surface area contributed by atoms with E-state index in [4.69, 9.17) is 4.42 Å². The van der Waals surface area contributed by atoms with Crippen LogP contribution in [0.5, 0.6) is 0 Å². The van der Waals surface area contributed by atoms with Gasteiger partial charge in [0, 0.05) is 30.6 Å². The molecule has 142 valence electrons. The maximum Gasteiger partial charge on any atom is 0.247 e. The fraction of sp³-hybridized carbons (Fsp3) is 0.100. The third-order valence-electron chi connectivity index (χ3n) is 4.43. The van der Waals surface area contributed by atoms with Crippen molar-refractivity contribution in [3.63, 3.8) is 0 Å². The van der Waals surface area contributed by atoms with Gasteiger partial charge < -0.3 is 9.73 Å². The number of fused-ring (bicyclic) bond motifs is 1. The lowest BCUT2D eigenvalue weighted by molar-refractivity contribution is 0.515. The largest absolute Gasteiger partial charge is 0.419 e. The van der Waals surface area contributed by atoms with Crippen LogP contribution in [0.15, 0.2) is 65.5 Å². The molecule has 4 heterocycles. The van der Waals surface area contributed by atoms with E-state index in [1.807, 2.05) is 49.5 Å². The Morgan fingerprint density at radius 2 is 1.79 bits per heavy atom. The Kier molecular flexibility index (Phi) is 4.17. The van der Waals surface area contributed by atoms with Crippen molar-refractivity contribution in [1.29, 1.82) is 0 Å². The van der Waals surface area contributed by atoms with Crippen LogP contribution in [0.2, 0.25) is 0 Å². The molecule has 0 bridgehead atoms. The average Bonchev–Trinajstić information content (AvgIpc) is 3.40. The normalized spacial score (nSPS) is 11.1. The van der Waals surface area contributed by atoms with Gasteiger partial charge in [-0.3, -0.25) is 9.67 Å². The minimum Gasteiger partial charge on any atom is -0.419 e. The first-order chi connectivity index (χ1) is 14.3. The zero-order valence-corrected chi connectivity index (χ0v) is 15.5. The van der Waals surface area contributed by atoms with Crippen LogP contribution in [0.25, 0.3) is 33.9 Å². The van der Waals surface area contributed by atoms with Gasteiger partial charge in [0.05, 0.1) is 18.1 Å². The molecule has 0 saturated carbocycles. The molecule has 1 aromatic carbocycles. The summed E-state index contributed by atoms with van der Waals surface area (Å²) in [4.78, 5) is 13.4. The van der Waals surface area contributed by atoms with Crippen molar-refractivity contribution in [3.05, 3.63) is 66.9 Å². The van der Waals surface area contributed by atoms with Crippen LogP contribution < -0.4 is 5.32 Å². The topological polar surface area (TPSA) is 107 Å². The molecule has 0 spiro atoms. The van der Waals surface area contributed by atoms with Crippen molar-refractivity contribution in [3.8, 4) is 22.8 Å². The maximum absolute atomic E-state index is 5.77. The van der Waals surface area contributed by atoms with Gasteiger partial charge in [0.25, 0.3) is 0 Å². The molecule has 5 aromatic rings. The first-order valence-corrected chi connectivity index (χ1v) is 9.00. The summed E-state index contributed by atoms with van der Waals surface area (Å²) in [6.45, 7) is 0.330. The van der Waals surface area contributed by atoms with Crippen molar-refractivity contribution in [2.45, 2.75) is 6.54 Å². The van der Waals surface area contributed by atoms with E-state index in [0.717, 1.165) is 22.2 Å². The molecule has 0 atom stereocenters. The van der Waals surface area contributed by atoms with Gasteiger partial charge in [-0.1, -0.05) is 18.2 Å². The minimum atomic E-state index is 0.330. The van der Waals surface area contributed by atoms with Gasteiger partial charge in [-0.15, -0.1) is 10.2 Å². The van der Waals surface area contributed by atoms with Crippen molar-refractivity contribution < 1.29 is 4.42 Å². The van der Waals surface area contributed by atoms with E-state index in [1.54, 1.807) is 23.3 Å². The van der Waals surface area contributed by atoms with Crippen LogP contribution in [0.3, 0.4) is 0 Å². The van der Waals surface area contributed by atoms with Gasteiger partial charge >= 0.3 is 0 Å². The zero-order chi connectivity index (χ0) is 19.6. The summed E-state index contributed by atoms with van der Waals surface area (Å²) in [6, 6.07) is 13.4. The van der Waals surface area contributed by atoms with Crippen LogP contribution >= 0.6 is 0 Å². The molecule has 29 heavy (non-hydrogen) atoms. The number of nitrogens with zero attached hydrogens (tertiary/aromatic N) is 7. The highest BCUT2D eigenvalue weighted by Crippen LogP contribution is 2.25. The number of nitrogens with one attached hydrogen (secondary N) is 1. The molecule has 0 amide bonds. The van der Waals surface area contributed by atoms with Gasteiger partial charge in [0.15, 0.2) is 11.5 Å². The number of hydrogen-bond acceptors (Lipinski definition) is 8. The Morgan fingerprint density at radius 3 is 2.62 bits per heavy atom. The lowest BCUT2D eigenvalue weighted by atomic mass is 10.2. The van der Waals surface area contributed by atoms with E-state index in [2.05, 4.69) is 35.6 Å². The summed E-state index contributed by atoms with van der Waals surface area (Å²) in [7, 11) is 1.85. The van der Waals surface area contributed by atoms with Crippen molar-refractivity contribution in [1.82, 2.24) is 34.9 Å². The van der Waals surface area contributed by atoms with Gasteiger partial charge in [-0.05, 0) is 24.3 Å². The van der Waals surface area contributed by atoms with Crippen LogP contribution in [0.4, 0.5) is 5.82 Å². The predicted octanol–water partition coefficient (Wildman–Crippen LogP) is 3.09. The Balaban J connectivity index is 1.45. The Labute approximate surface area is 165 Å². The van der Waals surface area contributed by atoms with E-state index >= 15 is 0 Å². The quantitative estimate of drug-likeness (QED) is 0.492. The fourth-order valence-electron chi connectivity index (χ4n) is 2.97. The summed E-state index contributed by atoms with van der Waals surface area (Å²) in [6.07, 6.45) is 5.16. The second kappa shape index (κ2) is 7.12. The minimum absolute atomic E-state index is 0.330. The van der Waals surface area contributed by atoms with E-state index < -0.39 is 0 Å². The van der Waals surface area contributed by atoms with E-state index in [9.17, 15) is 0 Å². The number of aryl methyl sites for hydroxylation is 1. The van der Waals surface area contributed by atoms with Crippen molar-refractivity contribution >= 4 is 16.9 Å². The molecule has 0 aliphatic rings. The zero-order valence-electron chi connectivity index (χ0n) is 15.5. The maximum atomic E-state index is 5.77. The molecule has 9 nitrogen and oxygen atoms in total. The summed E-state index contributed by atoms with van der Waals surface area (Å²) in [5, 5.41) is 16.6. The van der Waals surface area contributed by atoms with E-state index in [-0.39, 0.29) is 0 Å². The molecular weight excluding hydrogens is 368 g/mol. The van der Waals surface area contributed by atoms with Crippen LogP contribution in [0, 0.1) is 0 Å². The molecular formula is C20H16N8O. The molecule has 0 saturated heterocycles. The molecule has 0 aliphatic carbocycles. The SMILES string of the molecule is Cn1ncc2c(NCc3nnc(-c4ccccc4)o3)nc(-c3ccncc3)nc21. The molecule has 0 radical (unpaired) electrons. The fourth-order valence-corrected chi connectivity index (χ4v) is 2.97. The number of benzene rings is 1. The van der Waals surface area contributed by atoms with E-state index in [0.29, 0.717) is 30.0 Å². The van der Waals surface area contributed by atoms with Crippen LogP contribution in [0.1, 0.15) is 5.89 Å². The van der Waals surface area contributed by atoms with Gasteiger partial charge in [0.1, 0.15) is 5.82 Å². The molecule has 0 fully saturated rings. The predicted molar refractivity (Wildman–Crippen MR) is 107 cm³/mol. The standard InChI is InChI=1S/C20H16N8O/c1-28-19-15(11-23-28)18(24-17(25-19)13-7-9-21-10-8-13)22-12-16-26-27-20(29-16)14-5-3-2-4-6-14/h2-11H,12H2,1H3,(H,22,24,25). The van der Waals surface area contributed by atoms with Gasteiger partial charge in [-0.2, -0.15) is 5.10 Å². The Morgan fingerprint density at radius 1 is 0.966 bits per heavy atom. The number of aromatic nitrogens is 7. The van der Waals surface area contributed by atoms with Crippen LogP contribution in [-0.4, -0.2) is 34.9 Å². The highest BCUT2D eigenvalue weighted by atomic mass is 16.4. The highest BCUT2D eigenvalue weighted by Gasteiger charge is 2.14. The molecule has 9 heteroatoms. The molecule has 0 unspecified atom stereocenters. The van der Waals surface area contributed by atoms with Crippen molar-refractivity contribution in [2.24, 2.45) is 7.05 Å². The number of anilines is 1. The Hall–Kier alpha value is -4.14. The van der Waals surface area contributed by atoms with Gasteiger partial charge in [-0.25, -0.2) is 9.97 Å². The number of rotatable bonds is 5. The lowest BCUT2D eigenvalue weighted by Crippen LogP contribution is -2.05. The number of pyridine rings is 1. The third-order valence-corrected chi connectivity index (χ3v) is 4.43. The third kappa shape index (κ3) is 3.29. The first-order valence-electron chi connectivity index (χ1n) is 9.00. The van der Waals surface area contributed by atoms with Crippen molar-refractivity contribution in [2.75, 3.05) is 5.32 Å². The molecule has 5 rings (SSSR count). The van der Waals surface area contributed by atoms with E-state index in [1.165, 1.54) is 0 Å². The highest BCUT2D eigenvalue weighted by molar-refractivity contribution is 5.88. The molecule has 0 aliphatic heterocycles. The smallest absolute Gasteiger partial charge is 0.247 e. The summed E-state index contributed by atoms with van der Waals surface area (Å²) in [5.41, 5.74) is 2.48. The molecule has 4 aromatic heterocycles. The number of hydrogen-bond donors (Lipinski definition) is 1. The van der Waals surface area contributed by atoms with Crippen LogP contribution in [-0.2, 0) is 13.6 Å². The summed E-state index contributed by atoms with van der Waals surface area (Å²) >= 11 is 0. The van der Waals surface area contributed by atoms with Gasteiger partial charge in [0.2, 0.25) is 11.8 Å². The summed E-state index contributed by atoms with van der Waals surface area (Å²) < 4.78 is 7.48. The molecule has 1 N–H and O–H groups in total. The Bertz CT molecular complexity index is 1260. The monoisotopic (exact) mass is 384 g/mol. The lowest BCUT2D eigenvalue weighted by Gasteiger charge is -2.07. The first kappa shape index (κ1) is 17.0. The summed E-state index contributed by atoms with van der Waals surface area (Å²) in [5.74, 6) is 2.18. The second-order valence-corrected chi connectivity index (χ2v) is 6.36. The average molecular weight is 384 g/mol. The second-order valence-electron chi connectivity index (χ2n) is 6.36.